The Hall–Kier alpha value is -2.99. The van der Waals surface area contributed by atoms with Crippen LogP contribution >= 0.6 is 12.2 Å². The van der Waals surface area contributed by atoms with Crippen molar-refractivity contribution in [3.63, 3.8) is 0 Å². The van der Waals surface area contributed by atoms with Gasteiger partial charge in [0, 0.05) is 18.2 Å². The topological polar surface area (TPSA) is 132 Å². The van der Waals surface area contributed by atoms with Gasteiger partial charge in [-0.15, -0.1) is 0 Å². The Morgan fingerprint density at radius 1 is 1.10 bits per heavy atom. The molecule has 0 fully saturated rings. The lowest BCUT2D eigenvalue weighted by molar-refractivity contribution is -0.119. The number of methoxy groups -OCH3 is 2. The largest absolute Gasteiger partial charge is 0.481 e. The molecule has 1 aromatic carbocycles. The summed E-state index contributed by atoms with van der Waals surface area (Å²) in [6.45, 7) is 2.06. The summed E-state index contributed by atoms with van der Waals surface area (Å²) in [6.07, 6.45) is 3.20. The Balaban J connectivity index is 2.02. The lowest BCUT2D eigenvalue weighted by atomic mass is 10.2. The number of sulfonamides is 1. The monoisotopic (exact) mass is 467 g/mol. The molecule has 3 N–H and O–H groups in total. The molecule has 0 saturated heterocycles. The van der Waals surface area contributed by atoms with Crippen molar-refractivity contribution < 1.29 is 22.7 Å². The lowest BCUT2D eigenvalue weighted by Crippen LogP contribution is -2.33. The average Bonchev–Trinajstić information content (AvgIpc) is 2.73. The van der Waals surface area contributed by atoms with Crippen LogP contribution in [0.5, 0.6) is 11.9 Å². The molecule has 12 heteroatoms. The number of ether oxygens (including phenoxy) is 2. The summed E-state index contributed by atoms with van der Waals surface area (Å²) in [5.41, 5.74) is 0.531. The Kier molecular flexibility index (Phi) is 8.94. The van der Waals surface area contributed by atoms with Crippen molar-refractivity contribution in [3.8, 4) is 11.9 Å². The maximum absolute atomic E-state index is 12.6. The Labute approximate surface area is 186 Å². The van der Waals surface area contributed by atoms with Crippen molar-refractivity contribution in [1.82, 2.24) is 15.3 Å². The van der Waals surface area contributed by atoms with Gasteiger partial charge in [-0.05, 0) is 42.9 Å². The second-order valence-corrected chi connectivity index (χ2v) is 8.46. The van der Waals surface area contributed by atoms with Gasteiger partial charge in [0.15, 0.2) is 10.9 Å². The van der Waals surface area contributed by atoms with E-state index >= 15 is 0 Å². The van der Waals surface area contributed by atoms with Gasteiger partial charge >= 0.3 is 6.01 Å². The number of hydrogen-bond acceptors (Lipinski definition) is 8. The van der Waals surface area contributed by atoms with E-state index in [0.29, 0.717) is 12.1 Å². The molecule has 0 aliphatic rings. The third kappa shape index (κ3) is 7.64. The van der Waals surface area contributed by atoms with E-state index in [1.54, 1.807) is 0 Å². The molecule has 2 rings (SSSR count). The second-order valence-electron chi connectivity index (χ2n) is 6.37. The zero-order chi connectivity index (χ0) is 22.9. The summed E-state index contributed by atoms with van der Waals surface area (Å²) < 4.78 is 37.6. The van der Waals surface area contributed by atoms with E-state index in [-0.39, 0.29) is 33.6 Å². The fourth-order valence-electron chi connectivity index (χ4n) is 2.45. The number of carbonyl (C=O) groups is 1. The van der Waals surface area contributed by atoms with Crippen LogP contribution in [0.3, 0.4) is 0 Å². The van der Waals surface area contributed by atoms with Gasteiger partial charge in [0.25, 0.3) is 10.0 Å². The van der Waals surface area contributed by atoms with Crippen LogP contribution in [-0.4, -0.2) is 43.6 Å². The van der Waals surface area contributed by atoms with Crippen molar-refractivity contribution in [1.29, 1.82) is 0 Å². The van der Waals surface area contributed by atoms with E-state index in [1.165, 1.54) is 44.6 Å². The fraction of sp³-hybridized carbons (Fsp3) is 0.368. The van der Waals surface area contributed by atoms with Gasteiger partial charge in [-0.1, -0.05) is 19.8 Å². The highest BCUT2D eigenvalue weighted by Crippen LogP contribution is 2.21. The number of amides is 1. The summed E-state index contributed by atoms with van der Waals surface area (Å²) in [5.74, 6) is -0.0164. The van der Waals surface area contributed by atoms with Crippen molar-refractivity contribution >= 4 is 44.8 Å². The number of carbonyl (C=O) groups excluding carboxylic acids is 1. The van der Waals surface area contributed by atoms with Crippen LogP contribution in [0, 0.1) is 0 Å². The Morgan fingerprint density at radius 3 is 2.42 bits per heavy atom. The molecular formula is C19H25N5O5S2. The normalized spacial score (nSPS) is 10.8. The van der Waals surface area contributed by atoms with Crippen molar-refractivity contribution in [2.75, 3.05) is 24.3 Å². The van der Waals surface area contributed by atoms with Crippen molar-refractivity contribution in [2.24, 2.45) is 0 Å². The van der Waals surface area contributed by atoms with Gasteiger partial charge in [0.2, 0.25) is 11.8 Å². The quantitative estimate of drug-likeness (QED) is 0.356. The van der Waals surface area contributed by atoms with Crippen LogP contribution in [0.15, 0.2) is 35.2 Å². The molecule has 2 aromatic rings. The molecule has 0 saturated carbocycles. The summed E-state index contributed by atoms with van der Waals surface area (Å²) in [6, 6.07) is 7.15. The summed E-state index contributed by atoms with van der Waals surface area (Å²) in [7, 11) is -1.17. The van der Waals surface area contributed by atoms with Gasteiger partial charge in [0.1, 0.15) is 0 Å². The minimum Gasteiger partial charge on any atom is -0.481 e. The van der Waals surface area contributed by atoms with Crippen LogP contribution in [0.25, 0.3) is 0 Å². The maximum atomic E-state index is 12.6. The van der Waals surface area contributed by atoms with E-state index in [4.69, 9.17) is 21.7 Å². The molecule has 168 valence electrons. The zero-order valence-electron chi connectivity index (χ0n) is 17.5. The molecule has 1 aromatic heterocycles. The molecule has 0 radical (unpaired) electrons. The number of hydrogen-bond donors (Lipinski definition) is 3. The van der Waals surface area contributed by atoms with Crippen molar-refractivity contribution in [2.45, 2.75) is 37.5 Å². The van der Waals surface area contributed by atoms with Gasteiger partial charge < -0.3 is 20.1 Å². The van der Waals surface area contributed by atoms with Gasteiger partial charge in [0.05, 0.1) is 19.1 Å². The van der Waals surface area contributed by atoms with Crippen LogP contribution < -0.4 is 24.8 Å². The molecule has 0 unspecified atom stereocenters. The highest BCUT2D eigenvalue weighted by molar-refractivity contribution is 7.92. The molecule has 0 spiro atoms. The van der Waals surface area contributed by atoms with E-state index < -0.39 is 10.0 Å². The standard InChI is InChI=1S/C19H25N5O5S2/c1-4-5-6-7-16(25)22-19(30)20-13-8-10-14(11-9-13)31(26,27)24-15-12-17(28-2)23-18(21-15)29-3/h8-12H,4-7H2,1-3H3,(H,21,23,24)(H2,20,22,25,30). The number of nitrogens with one attached hydrogen (secondary N) is 3. The van der Waals surface area contributed by atoms with E-state index in [0.717, 1.165) is 19.3 Å². The molecule has 31 heavy (non-hydrogen) atoms. The molecule has 0 aliphatic heterocycles. The molecule has 1 amide bonds. The predicted octanol–water partition coefficient (Wildman–Crippen LogP) is 2.69. The SMILES string of the molecule is CCCCCC(=O)NC(=S)Nc1ccc(S(=O)(=O)Nc2cc(OC)nc(OC)n2)cc1. The first-order valence-electron chi connectivity index (χ1n) is 9.48. The number of nitrogens with zero attached hydrogens (tertiary/aromatic N) is 2. The highest BCUT2D eigenvalue weighted by atomic mass is 32.2. The number of aromatic nitrogens is 2. The van der Waals surface area contributed by atoms with Crippen molar-refractivity contribution in [3.05, 3.63) is 30.3 Å². The number of unbranched alkanes of at least 4 members (excludes halogenated alkanes) is 2. The minimum absolute atomic E-state index is 0.00198. The summed E-state index contributed by atoms with van der Waals surface area (Å²) >= 11 is 5.12. The minimum atomic E-state index is -3.92. The van der Waals surface area contributed by atoms with Crippen LogP contribution in [0.4, 0.5) is 11.5 Å². The van der Waals surface area contributed by atoms with E-state index in [1.807, 2.05) is 0 Å². The predicted molar refractivity (Wildman–Crippen MR) is 121 cm³/mol. The third-order valence-corrected chi connectivity index (χ3v) is 5.57. The second kappa shape index (κ2) is 11.4. The van der Waals surface area contributed by atoms with E-state index in [9.17, 15) is 13.2 Å². The number of anilines is 2. The number of thiocarbonyl (C=S) groups is 1. The van der Waals surface area contributed by atoms with Gasteiger partial charge in [-0.25, -0.2) is 8.42 Å². The van der Waals surface area contributed by atoms with E-state index in [2.05, 4.69) is 32.2 Å². The zero-order valence-corrected chi connectivity index (χ0v) is 19.1. The summed E-state index contributed by atoms with van der Waals surface area (Å²) in [5, 5.41) is 5.60. The smallest absolute Gasteiger partial charge is 0.321 e. The van der Waals surface area contributed by atoms with Gasteiger partial charge in [-0.3, -0.25) is 9.52 Å². The highest BCUT2D eigenvalue weighted by Gasteiger charge is 2.17. The third-order valence-electron chi connectivity index (χ3n) is 4.00. The number of rotatable bonds is 10. The summed E-state index contributed by atoms with van der Waals surface area (Å²) in [4.78, 5) is 19.7. The first kappa shape index (κ1) is 24.3. The molecule has 0 aliphatic carbocycles. The molecule has 10 nitrogen and oxygen atoms in total. The first-order valence-corrected chi connectivity index (χ1v) is 11.4. The van der Waals surface area contributed by atoms with Crippen LogP contribution in [0.2, 0.25) is 0 Å². The number of benzene rings is 1. The van der Waals surface area contributed by atoms with Gasteiger partial charge in [-0.2, -0.15) is 9.97 Å². The Bertz CT molecular complexity index is 991. The Morgan fingerprint density at radius 2 is 1.81 bits per heavy atom. The molecule has 0 bridgehead atoms. The average molecular weight is 468 g/mol. The maximum Gasteiger partial charge on any atom is 0.321 e. The van der Waals surface area contributed by atoms with Crippen LogP contribution in [0.1, 0.15) is 32.6 Å². The first-order chi connectivity index (χ1) is 14.8. The molecular weight excluding hydrogens is 442 g/mol. The lowest BCUT2D eigenvalue weighted by Gasteiger charge is -2.11. The molecule has 0 atom stereocenters. The molecule has 1 heterocycles. The van der Waals surface area contributed by atoms with Crippen LogP contribution in [-0.2, 0) is 14.8 Å². The fourth-order valence-corrected chi connectivity index (χ4v) is 3.68.